The zero-order chi connectivity index (χ0) is 18.6. The number of amides is 2. The van der Waals surface area contributed by atoms with Crippen LogP contribution >= 0.6 is 0 Å². The van der Waals surface area contributed by atoms with Crippen LogP contribution in [0.2, 0.25) is 0 Å². The molecule has 0 bridgehead atoms. The summed E-state index contributed by atoms with van der Waals surface area (Å²) in [5, 5.41) is 3.06. The molecule has 0 aromatic carbocycles. The Bertz CT molecular complexity index is 838. The predicted molar refractivity (Wildman–Crippen MR) is 104 cm³/mol. The highest BCUT2D eigenvalue weighted by molar-refractivity contribution is 5.75. The van der Waals surface area contributed by atoms with Crippen molar-refractivity contribution in [3.63, 3.8) is 0 Å². The van der Waals surface area contributed by atoms with Gasteiger partial charge in [-0.2, -0.15) is 0 Å². The summed E-state index contributed by atoms with van der Waals surface area (Å²) in [6.45, 7) is 1.54. The summed E-state index contributed by atoms with van der Waals surface area (Å²) in [7, 11) is 0. The third-order valence-corrected chi connectivity index (χ3v) is 5.05. The number of aromatic amines is 1. The molecule has 1 aromatic heterocycles. The number of rotatable bonds is 4. The molecule has 3 aliphatic rings. The van der Waals surface area contributed by atoms with Crippen LogP contribution in [-0.2, 0) is 0 Å². The van der Waals surface area contributed by atoms with Crippen LogP contribution in [-0.4, -0.2) is 41.2 Å². The van der Waals surface area contributed by atoms with Gasteiger partial charge in [0.25, 0.3) is 0 Å². The number of ether oxygens (including phenoxy) is 1. The lowest BCUT2D eigenvalue weighted by atomic mass is 9.97. The van der Waals surface area contributed by atoms with Crippen LogP contribution in [0.25, 0.3) is 0 Å². The van der Waals surface area contributed by atoms with E-state index in [1.54, 1.807) is 6.20 Å². The van der Waals surface area contributed by atoms with Gasteiger partial charge >= 0.3 is 6.03 Å². The molecule has 2 aliphatic carbocycles. The summed E-state index contributed by atoms with van der Waals surface area (Å²) < 4.78 is 5.87. The Balaban J connectivity index is 1.34. The van der Waals surface area contributed by atoms with Gasteiger partial charge in [0.1, 0.15) is 6.10 Å². The lowest BCUT2D eigenvalue weighted by molar-refractivity contribution is 0.193. The second kappa shape index (κ2) is 7.86. The van der Waals surface area contributed by atoms with E-state index >= 15 is 0 Å². The molecule has 2 heterocycles. The van der Waals surface area contributed by atoms with Gasteiger partial charge in [-0.25, -0.2) is 4.79 Å². The number of hydrogen-bond acceptors (Lipinski definition) is 3. The number of nitrogens with zero attached hydrogens (tertiary/aromatic N) is 1. The van der Waals surface area contributed by atoms with Gasteiger partial charge in [-0.15, -0.1) is 0 Å². The van der Waals surface area contributed by atoms with Crippen molar-refractivity contribution in [2.75, 3.05) is 13.1 Å². The minimum Gasteiger partial charge on any atom is -0.471 e. The van der Waals surface area contributed by atoms with Crippen molar-refractivity contribution in [3.05, 3.63) is 64.0 Å². The lowest BCUT2D eigenvalue weighted by Gasteiger charge is -2.29. The predicted octanol–water partition coefficient (Wildman–Crippen LogP) is 2.90. The third kappa shape index (κ3) is 4.90. The average Bonchev–Trinajstić information content (AvgIpc) is 3.47. The molecule has 2 N–H and O–H groups in total. The molecule has 1 aliphatic heterocycles. The molecule has 1 unspecified atom stereocenters. The molecule has 1 saturated carbocycles. The van der Waals surface area contributed by atoms with Gasteiger partial charge in [0.15, 0.2) is 11.3 Å². The molecule has 1 atom stereocenters. The van der Waals surface area contributed by atoms with Crippen molar-refractivity contribution in [1.29, 1.82) is 0 Å². The van der Waals surface area contributed by atoms with Crippen molar-refractivity contribution in [1.82, 2.24) is 15.2 Å². The van der Waals surface area contributed by atoms with Crippen LogP contribution in [0, 0.1) is 0 Å². The lowest BCUT2D eigenvalue weighted by Crippen LogP contribution is -2.44. The average molecular weight is 367 g/mol. The number of piperidine rings is 1. The first kappa shape index (κ1) is 17.6. The number of carbonyl (C=O) groups is 1. The van der Waals surface area contributed by atoms with E-state index in [0.717, 1.165) is 50.8 Å². The number of allylic oxidation sites excluding steroid dienone is 3. The zero-order valence-corrected chi connectivity index (χ0v) is 15.3. The maximum Gasteiger partial charge on any atom is 0.317 e. The van der Waals surface area contributed by atoms with Crippen LogP contribution in [0.15, 0.2) is 58.6 Å². The summed E-state index contributed by atoms with van der Waals surface area (Å²) in [5.41, 5.74) is 2.41. The normalized spacial score (nSPS) is 22.2. The third-order valence-electron chi connectivity index (χ3n) is 5.05. The standard InChI is InChI=1S/C21H25N3O3/c25-18-6-9-22-20(14-18)27-19-3-1-2-16(13-19)12-15-7-10-24(11-8-15)21(26)23-17-4-5-17/h1-2,6,9,12-14,17,19H,3-5,7-8,10-11H2,(H,22,25)(H,23,26). The van der Waals surface area contributed by atoms with Crippen LogP contribution in [0.5, 0.6) is 5.88 Å². The van der Waals surface area contributed by atoms with Gasteiger partial charge in [0, 0.05) is 43.9 Å². The highest BCUT2D eigenvalue weighted by atomic mass is 16.5. The fraction of sp³-hybridized carbons (Fsp3) is 0.429. The Morgan fingerprint density at radius 2 is 2.11 bits per heavy atom. The van der Waals surface area contributed by atoms with E-state index in [1.807, 2.05) is 4.90 Å². The number of pyridine rings is 1. The smallest absolute Gasteiger partial charge is 0.317 e. The Kier molecular flexibility index (Phi) is 5.14. The monoisotopic (exact) mass is 367 g/mol. The first-order valence-electron chi connectivity index (χ1n) is 9.64. The van der Waals surface area contributed by atoms with Crippen molar-refractivity contribution < 1.29 is 9.53 Å². The van der Waals surface area contributed by atoms with Crippen molar-refractivity contribution >= 4 is 6.03 Å². The molecular formula is C21H25N3O3. The molecule has 27 heavy (non-hydrogen) atoms. The molecule has 6 nitrogen and oxygen atoms in total. The topological polar surface area (TPSA) is 74.4 Å². The Labute approximate surface area is 158 Å². The highest BCUT2D eigenvalue weighted by Crippen LogP contribution is 2.23. The minimum atomic E-state index is -0.0932. The first-order chi connectivity index (χ1) is 13.2. The van der Waals surface area contributed by atoms with Gasteiger partial charge in [-0.1, -0.05) is 23.8 Å². The maximum absolute atomic E-state index is 12.1. The van der Waals surface area contributed by atoms with E-state index in [4.69, 9.17) is 4.74 Å². The molecule has 2 fully saturated rings. The van der Waals surface area contributed by atoms with E-state index in [2.05, 4.69) is 34.6 Å². The molecule has 6 heteroatoms. The van der Waals surface area contributed by atoms with Crippen LogP contribution in [0.3, 0.4) is 0 Å². The fourth-order valence-electron chi connectivity index (χ4n) is 3.38. The van der Waals surface area contributed by atoms with Crippen LogP contribution in [0.4, 0.5) is 4.79 Å². The number of hydrogen-bond donors (Lipinski definition) is 2. The summed E-state index contributed by atoms with van der Waals surface area (Å²) in [6.07, 6.45) is 14.8. The number of urea groups is 1. The SMILES string of the molecule is O=C(NC1CC1)N1CCC(=CC2=CC(Oc3cc(=O)cc[nH]3)CC=C2)CC1. The van der Waals surface area contributed by atoms with Gasteiger partial charge in [0.05, 0.1) is 0 Å². The van der Waals surface area contributed by atoms with Crippen molar-refractivity contribution in [2.24, 2.45) is 0 Å². The quantitative estimate of drug-likeness (QED) is 0.859. The number of carbonyl (C=O) groups excluding carboxylic acids is 1. The van der Waals surface area contributed by atoms with E-state index in [9.17, 15) is 9.59 Å². The van der Waals surface area contributed by atoms with Crippen LogP contribution < -0.4 is 15.5 Å². The Morgan fingerprint density at radius 3 is 2.85 bits per heavy atom. The number of likely N-dealkylation sites (tertiary alicyclic amines) is 1. The zero-order valence-electron chi connectivity index (χ0n) is 15.3. The highest BCUT2D eigenvalue weighted by Gasteiger charge is 2.27. The van der Waals surface area contributed by atoms with E-state index in [0.29, 0.717) is 11.9 Å². The van der Waals surface area contributed by atoms with Gasteiger partial charge in [-0.05, 0) is 37.3 Å². The fourth-order valence-corrected chi connectivity index (χ4v) is 3.38. The van der Waals surface area contributed by atoms with Crippen molar-refractivity contribution in [3.8, 4) is 5.88 Å². The summed E-state index contributed by atoms with van der Waals surface area (Å²) in [6, 6.07) is 3.42. The largest absolute Gasteiger partial charge is 0.471 e. The van der Waals surface area contributed by atoms with Gasteiger partial charge in [0.2, 0.25) is 0 Å². The van der Waals surface area contributed by atoms with E-state index < -0.39 is 0 Å². The molecular weight excluding hydrogens is 342 g/mol. The van der Waals surface area contributed by atoms with E-state index in [1.165, 1.54) is 17.7 Å². The molecule has 142 valence electrons. The van der Waals surface area contributed by atoms with Crippen molar-refractivity contribution in [2.45, 2.75) is 44.2 Å². The van der Waals surface area contributed by atoms with Gasteiger partial charge in [-0.3, -0.25) is 4.79 Å². The molecule has 1 aromatic rings. The van der Waals surface area contributed by atoms with Crippen LogP contribution in [0.1, 0.15) is 32.1 Å². The maximum atomic E-state index is 12.1. The summed E-state index contributed by atoms with van der Waals surface area (Å²) in [5.74, 6) is 0.487. The Morgan fingerprint density at radius 1 is 1.30 bits per heavy atom. The van der Waals surface area contributed by atoms with Gasteiger partial charge < -0.3 is 19.9 Å². The molecule has 0 spiro atoms. The minimum absolute atomic E-state index is 0.0705. The van der Waals surface area contributed by atoms with E-state index in [-0.39, 0.29) is 17.6 Å². The summed E-state index contributed by atoms with van der Waals surface area (Å²) in [4.78, 5) is 28.4. The molecule has 0 radical (unpaired) electrons. The second-order valence-corrected chi connectivity index (χ2v) is 7.36. The second-order valence-electron chi connectivity index (χ2n) is 7.36. The number of nitrogens with one attached hydrogen (secondary N) is 2. The molecule has 4 rings (SSSR count). The molecule has 2 amide bonds. The number of H-pyrrole nitrogens is 1. The molecule has 1 saturated heterocycles. The number of aromatic nitrogens is 1. The Hall–Kier alpha value is -2.76. The summed E-state index contributed by atoms with van der Waals surface area (Å²) >= 11 is 0. The first-order valence-corrected chi connectivity index (χ1v) is 9.64.